The summed E-state index contributed by atoms with van der Waals surface area (Å²) >= 11 is 0. The van der Waals surface area contributed by atoms with Crippen LogP contribution in [0.4, 0.5) is 0 Å². The lowest BCUT2D eigenvalue weighted by atomic mass is 10.0. The zero-order valence-corrected chi connectivity index (χ0v) is 14.2. The highest BCUT2D eigenvalue weighted by Gasteiger charge is 2.10. The fraction of sp³-hybridized carbons (Fsp3) is 0.0952. The summed E-state index contributed by atoms with van der Waals surface area (Å²) in [5.41, 5.74) is 8.01. The highest BCUT2D eigenvalue weighted by atomic mass is 16.2. The average molecular weight is 329 g/mol. The van der Waals surface area contributed by atoms with Gasteiger partial charge in [-0.05, 0) is 49.2 Å². The number of aromatic nitrogens is 1. The van der Waals surface area contributed by atoms with Gasteiger partial charge in [0.05, 0.1) is 5.71 Å². The molecule has 0 saturated carbocycles. The molecule has 4 heteroatoms. The van der Waals surface area contributed by atoms with E-state index in [0.29, 0.717) is 11.3 Å². The summed E-state index contributed by atoms with van der Waals surface area (Å²) in [6.07, 6.45) is 3.41. The Morgan fingerprint density at radius 2 is 1.52 bits per heavy atom. The van der Waals surface area contributed by atoms with Crippen LogP contribution in [0.15, 0.2) is 78.2 Å². The fourth-order valence-electron chi connectivity index (χ4n) is 2.46. The summed E-state index contributed by atoms with van der Waals surface area (Å²) in [4.78, 5) is 16.5. The number of amides is 1. The van der Waals surface area contributed by atoms with E-state index in [4.69, 9.17) is 0 Å². The van der Waals surface area contributed by atoms with Gasteiger partial charge >= 0.3 is 0 Å². The van der Waals surface area contributed by atoms with Gasteiger partial charge in [-0.25, -0.2) is 5.43 Å². The minimum atomic E-state index is -0.231. The molecular formula is C21H19N3O. The number of hydrazone groups is 1. The third-order valence-corrected chi connectivity index (χ3v) is 4.04. The van der Waals surface area contributed by atoms with Crippen LogP contribution in [0.5, 0.6) is 0 Å². The lowest BCUT2D eigenvalue weighted by Gasteiger charge is -2.08. The Labute approximate surface area is 147 Å². The molecule has 0 radical (unpaired) electrons. The maximum absolute atomic E-state index is 12.4. The van der Waals surface area contributed by atoms with Crippen molar-refractivity contribution in [2.75, 3.05) is 0 Å². The Morgan fingerprint density at radius 3 is 2.20 bits per heavy atom. The smallest absolute Gasteiger partial charge is 0.267 e. The number of aryl methyl sites for hydroxylation is 2. The first kappa shape index (κ1) is 16.6. The number of hydrogen-bond acceptors (Lipinski definition) is 3. The van der Waals surface area contributed by atoms with E-state index < -0.39 is 0 Å². The van der Waals surface area contributed by atoms with Crippen LogP contribution >= 0.6 is 0 Å². The maximum atomic E-state index is 12.4. The van der Waals surface area contributed by atoms with Crippen LogP contribution < -0.4 is 5.43 Å². The fourth-order valence-corrected chi connectivity index (χ4v) is 2.46. The van der Waals surface area contributed by atoms with Crippen molar-refractivity contribution in [2.24, 2.45) is 5.10 Å². The summed E-state index contributed by atoms with van der Waals surface area (Å²) < 4.78 is 0. The molecule has 0 aliphatic carbocycles. The lowest BCUT2D eigenvalue weighted by molar-refractivity contribution is 0.0955. The van der Waals surface area contributed by atoms with Crippen molar-refractivity contribution in [1.29, 1.82) is 0 Å². The third-order valence-electron chi connectivity index (χ3n) is 4.04. The minimum Gasteiger partial charge on any atom is -0.267 e. The molecule has 4 nitrogen and oxygen atoms in total. The predicted molar refractivity (Wildman–Crippen MR) is 99.7 cm³/mol. The molecule has 0 fully saturated rings. The molecule has 0 aliphatic rings. The van der Waals surface area contributed by atoms with E-state index in [1.807, 2.05) is 74.5 Å². The molecule has 25 heavy (non-hydrogen) atoms. The highest BCUT2D eigenvalue weighted by Crippen LogP contribution is 2.11. The van der Waals surface area contributed by atoms with Gasteiger partial charge in [-0.1, -0.05) is 36.4 Å². The molecule has 0 bridgehead atoms. The van der Waals surface area contributed by atoms with E-state index >= 15 is 0 Å². The molecule has 3 aromatic rings. The standard InChI is InChI=1S/C21H19N3O/c1-15-8-9-19(14-16(15)2)21(25)24-23-20(17-6-4-3-5-7-17)18-10-12-22-13-11-18/h3-14H,1-2H3,(H,24,25). The van der Waals surface area contributed by atoms with Crippen LogP contribution in [0, 0.1) is 13.8 Å². The van der Waals surface area contributed by atoms with Crippen LogP contribution in [-0.2, 0) is 0 Å². The van der Waals surface area contributed by atoms with Gasteiger partial charge < -0.3 is 0 Å². The molecular weight excluding hydrogens is 310 g/mol. The molecule has 0 atom stereocenters. The molecule has 0 saturated heterocycles. The summed E-state index contributed by atoms with van der Waals surface area (Å²) in [5, 5.41) is 4.38. The predicted octanol–water partition coefficient (Wildman–Crippen LogP) is 3.88. The van der Waals surface area contributed by atoms with Crippen LogP contribution in [0.25, 0.3) is 0 Å². The zero-order valence-electron chi connectivity index (χ0n) is 14.2. The topological polar surface area (TPSA) is 54.4 Å². The third kappa shape index (κ3) is 3.98. The van der Waals surface area contributed by atoms with E-state index in [1.165, 1.54) is 0 Å². The van der Waals surface area contributed by atoms with Gasteiger partial charge in [0, 0.05) is 29.1 Å². The molecule has 1 aromatic heterocycles. The van der Waals surface area contributed by atoms with Crippen molar-refractivity contribution in [3.05, 3.63) is 101 Å². The second kappa shape index (κ2) is 7.53. The van der Waals surface area contributed by atoms with Gasteiger partial charge in [0.2, 0.25) is 0 Å². The van der Waals surface area contributed by atoms with E-state index in [-0.39, 0.29) is 5.91 Å². The number of hydrogen-bond donors (Lipinski definition) is 1. The molecule has 0 unspecified atom stereocenters. The number of carbonyl (C=O) groups excluding carboxylic acids is 1. The van der Waals surface area contributed by atoms with Crippen molar-refractivity contribution < 1.29 is 4.79 Å². The molecule has 0 spiro atoms. The normalized spacial score (nSPS) is 11.2. The molecule has 1 N–H and O–H groups in total. The minimum absolute atomic E-state index is 0.231. The van der Waals surface area contributed by atoms with E-state index in [2.05, 4.69) is 15.5 Å². The number of nitrogens with zero attached hydrogens (tertiary/aromatic N) is 2. The lowest BCUT2D eigenvalue weighted by Crippen LogP contribution is -2.20. The van der Waals surface area contributed by atoms with Crippen LogP contribution in [0.3, 0.4) is 0 Å². The highest BCUT2D eigenvalue weighted by molar-refractivity contribution is 6.13. The van der Waals surface area contributed by atoms with Gasteiger partial charge in [-0.3, -0.25) is 9.78 Å². The van der Waals surface area contributed by atoms with Gasteiger partial charge in [-0.2, -0.15) is 5.10 Å². The SMILES string of the molecule is Cc1ccc(C(=O)NN=C(c2ccccc2)c2ccncc2)cc1C. The number of nitrogens with one attached hydrogen (secondary N) is 1. The molecule has 124 valence electrons. The van der Waals surface area contributed by atoms with E-state index in [9.17, 15) is 4.79 Å². The average Bonchev–Trinajstić information content (AvgIpc) is 2.66. The zero-order chi connectivity index (χ0) is 17.6. The van der Waals surface area contributed by atoms with Crippen LogP contribution in [0.2, 0.25) is 0 Å². The number of benzene rings is 2. The van der Waals surface area contributed by atoms with Gasteiger partial charge in [0.25, 0.3) is 5.91 Å². The van der Waals surface area contributed by atoms with Gasteiger partial charge in [0.15, 0.2) is 0 Å². The Kier molecular flexibility index (Phi) is 5.00. The van der Waals surface area contributed by atoms with Crippen molar-refractivity contribution in [1.82, 2.24) is 10.4 Å². The molecule has 1 amide bonds. The van der Waals surface area contributed by atoms with Crippen molar-refractivity contribution in [3.8, 4) is 0 Å². The van der Waals surface area contributed by atoms with E-state index in [0.717, 1.165) is 22.3 Å². The first-order chi connectivity index (χ1) is 12.1. The van der Waals surface area contributed by atoms with E-state index in [1.54, 1.807) is 12.4 Å². The first-order valence-electron chi connectivity index (χ1n) is 8.06. The Balaban J connectivity index is 1.91. The quantitative estimate of drug-likeness (QED) is 0.583. The molecule has 3 rings (SSSR count). The summed E-state index contributed by atoms with van der Waals surface area (Å²) in [5.74, 6) is -0.231. The van der Waals surface area contributed by atoms with Crippen molar-refractivity contribution in [2.45, 2.75) is 13.8 Å². The first-order valence-corrected chi connectivity index (χ1v) is 8.06. The largest absolute Gasteiger partial charge is 0.271 e. The van der Waals surface area contributed by atoms with Crippen LogP contribution in [-0.4, -0.2) is 16.6 Å². The van der Waals surface area contributed by atoms with Gasteiger partial charge in [0.1, 0.15) is 0 Å². The Bertz CT molecular complexity index is 861. The number of pyridine rings is 1. The monoisotopic (exact) mass is 329 g/mol. The maximum Gasteiger partial charge on any atom is 0.271 e. The Morgan fingerprint density at radius 1 is 0.840 bits per heavy atom. The Hall–Kier alpha value is -3.27. The second-order valence-corrected chi connectivity index (χ2v) is 5.80. The molecule has 2 aromatic carbocycles. The number of carbonyl (C=O) groups is 1. The summed E-state index contributed by atoms with van der Waals surface area (Å²) in [6, 6.07) is 19.1. The summed E-state index contributed by atoms with van der Waals surface area (Å²) in [6.45, 7) is 4.01. The number of rotatable bonds is 4. The van der Waals surface area contributed by atoms with Crippen molar-refractivity contribution in [3.63, 3.8) is 0 Å². The summed E-state index contributed by atoms with van der Waals surface area (Å²) in [7, 11) is 0. The van der Waals surface area contributed by atoms with Gasteiger partial charge in [-0.15, -0.1) is 0 Å². The molecule has 0 aliphatic heterocycles. The van der Waals surface area contributed by atoms with Crippen molar-refractivity contribution >= 4 is 11.6 Å². The van der Waals surface area contributed by atoms with Crippen LogP contribution in [0.1, 0.15) is 32.6 Å². The second-order valence-electron chi connectivity index (χ2n) is 5.80. The molecule has 1 heterocycles.